The van der Waals surface area contributed by atoms with Gasteiger partial charge >= 0.3 is 0 Å². The van der Waals surface area contributed by atoms with Crippen molar-refractivity contribution in [3.63, 3.8) is 0 Å². The smallest absolute Gasteiger partial charge is 0.234 e. The summed E-state index contributed by atoms with van der Waals surface area (Å²) in [7, 11) is 1.63. The maximum absolute atomic E-state index is 11.6. The molecular weight excluding hydrogens is 252 g/mol. The number of benzene rings is 1. The predicted molar refractivity (Wildman–Crippen MR) is 72.8 cm³/mol. The highest BCUT2D eigenvalue weighted by Crippen LogP contribution is 2.16. The van der Waals surface area contributed by atoms with Crippen molar-refractivity contribution >= 4 is 17.5 Å². The first kappa shape index (κ1) is 15.0. The largest absolute Gasteiger partial charge is 0.383 e. The van der Waals surface area contributed by atoms with Crippen LogP contribution in [-0.2, 0) is 9.53 Å². The average molecular weight is 271 g/mol. The molecule has 1 amide bonds. The van der Waals surface area contributed by atoms with E-state index >= 15 is 0 Å². The molecule has 1 aromatic rings. The Kier molecular flexibility index (Phi) is 6.72. The highest BCUT2D eigenvalue weighted by atomic mass is 35.5. The van der Waals surface area contributed by atoms with Crippen molar-refractivity contribution in [1.82, 2.24) is 10.6 Å². The SMILES string of the molecule is COCCNCC(=O)N[C@H](C)c1cccc(Cl)c1. The van der Waals surface area contributed by atoms with Crippen molar-refractivity contribution in [3.8, 4) is 0 Å². The lowest BCUT2D eigenvalue weighted by Gasteiger charge is -2.14. The van der Waals surface area contributed by atoms with Crippen LogP contribution >= 0.6 is 11.6 Å². The Morgan fingerprint density at radius 2 is 2.28 bits per heavy atom. The number of carbonyl (C=O) groups excluding carboxylic acids is 1. The van der Waals surface area contributed by atoms with Crippen molar-refractivity contribution in [2.45, 2.75) is 13.0 Å². The van der Waals surface area contributed by atoms with Crippen molar-refractivity contribution in [3.05, 3.63) is 34.9 Å². The Hall–Kier alpha value is -1.10. The second-order valence-corrected chi connectivity index (χ2v) is 4.45. The van der Waals surface area contributed by atoms with Crippen LogP contribution in [0.4, 0.5) is 0 Å². The van der Waals surface area contributed by atoms with Crippen molar-refractivity contribution in [2.75, 3.05) is 26.8 Å². The van der Waals surface area contributed by atoms with Crippen LogP contribution in [0.5, 0.6) is 0 Å². The first-order valence-corrected chi connectivity index (χ1v) is 6.25. The van der Waals surface area contributed by atoms with Gasteiger partial charge in [-0.1, -0.05) is 23.7 Å². The minimum atomic E-state index is -0.0552. The molecule has 0 bridgehead atoms. The fourth-order valence-electron chi connectivity index (χ4n) is 1.53. The van der Waals surface area contributed by atoms with E-state index in [9.17, 15) is 4.79 Å². The summed E-state index contributed by atoms with van der Waals surface area (Å²) in [5.41, 5.74) is 0.993. The Morgan fingerprint density at radius 3 is 2.94 bits per heavy atom. The lowest BCUT2D eigenvalue weighted by atomic mass is 10.1. The molecule has 0 saturated carbocycles. The number of rotatable bonds is 7. The third-order valence-electron chi connectivity index (χ3n) is 2.49. The summed E-state index contributed by atoms with van der Waals surface area (Å²) in [5, 5.41) is 6.56. The molecule has 0 aliphatic carbocycles. The van der Waals surface area contributed by atoms with E-state index in [4.69, 9.17) is 16.3 Å². The number of amides is 1. The minimum absolute atomic E-state index is 0.0430. The number of hydrogen-bond acceptors (Lipinski definition) is 3. The van der Waals surface area contributed by atoms with Gasteiger partial charge in [-0.05, 0) is 24.6 Å². The topological polar surface area (TPSA) is 50.4 Å². The summed E-state index contributed by atoms with van der Waals surface area (Å²) in [5.74, 6) is -0.0430. The van der Waals surface area contributed by atoms with Crippen LogP contribution < -0.4 is 10.6 Å². The number of hydrogen-bond donors (Lipinski definition) is 2. The van der Waals surface area contributed by atoms with E-state index in [-0.39, 0.29) is 18.5 Å². The summed E-state index contributed by atoms with van der Waals surface area (Å²) in [4.78, 5) is 11.6. The third kappa shape index (κ3) is 5.49. The molecule has 1 atom stereocenters. The van der Waals surface area contributed by atoms with Gasteiger partial charge in [-0.3, -0.25) is 4.79 Å². The molecule has 18 heavy (non-hydrogen) atoms. The molecule has 100 valence electrons. The molecule has 5 heteroatoms. The van der Waals surface area contributed by atoms with E-state index in [2.05, 4.69) is 10.6 Å². The molecule has 0 saturated heterocycles. The molecule has 0 unspecified atom stereocenters. The lowest BCUT2D eigenvalue weighted by Crippen LogP contribution is -2.36. The van der Waals surface area contributed by atoms with Crippen LogP contribution in [-0.4, -0.2) is 32.7 Å². The zero-order chi connectivity index (χ0) is 13.4. The van der Waals surface area contributed by atoms with Crippen LogP contribution in [0.25, 0.3) is 0 Å². The molecule has 0 aliphatic heterocycles. The summed E-state index contributed by atoms with van der Waals surface area (Å²) in [6.45, 7) is 3.47. The van der Waals surface area contributed by atoms with E-state index in [1.807, 2.05) is 31.2 Å². The third-order valence-corrected chi connectivity index (χ3v) is 2.73. The zero-order valence-corrected chi connectivity index (χ0v) is 11.5. The number of halogens is 1. The normalized spacial score (nSPS) is 12.2. The van der Waals surface area contributed by atoms with Gasteiger partial charge in [-0.25, -0.2) is 0 Å². The maximum atomic E-state index is 11.6. The van der Waals surface area contributed by atoms with E-state index in [0.717, 1.165) is 5.56 Å². The summed E-state index contributed by atoms with van der Waals surface area (Å²) in [6.07, 6.45) is 0. The van der Waals surface area contributed by atoms with Crippen LogP contribution in [0.15, 0.2) is 24.3 Å². The monoisotopic (exact) mass is 270 g/mol. The first-order valence-electron chi connectivity index (χ1n) is 5.88. The molecule has 0 heterocycles. The fraction of sp³-hybridized carbons (Fsp3) is 0.462. The van der Waals surface area contributed by atoms with Gasteiger partial charge in [0.1, 0.15) is 0 Å². The average Bonchev–Trinajstić information content (AvgIpc) is 2.34. The molecule has 0 spiro atoms. The number of methoxy groups -OCH3 is 1. The van der Waals surface area contributed by atoms with E-state index in [1.165, 1.54) is 0 Å². The van der Waals surface area contributed by atoms with Crippen LogP contribution in [0.3, 0.4) is 0 Å². The highest BCUT2D eigenvalue weighted by molar-refractivity contribution is 6.30. The van der Waals surface area contributed by atoms with Gasteiger partial charge < -0.3 is 15.4 Å². The molecule has 0 aromatic heterocycles. The Labute approximate surface area is 113 Å². The van der Waals surface area contributed by atoms with Gasteiger partial charge in [-0.2, -0.15) is 0 Å². The fourth-order valence-corrected chi connectivity index (χ4v) is 1.73. The van der Waals surface area contributed by atoms with E-state index in [1.54, 1.807) is 7.11 Å². The number of ether oxygens (including phenoxy) is 1. The Bertz CT molecular complexity index is 385. The van der Waals surface area contributed by atoms with Gasteiger partial charge in [-0.15, -0.1) is 0 Å². The molecule has 1 rings (SSSR count). The predicted octanol–water partition coefficient (Wildman–Crippen LogP) is 1.75. The van der Waals surface area contributed by atoms with Crippen LogP contribution in [0.2, 0.25) is 5.02 Å². The molecule has 1 aromatic carbocycles. The molecule has 4 nitrogen and oxygen atoms in total. The quantitative estimate of drug-likeness (QED) is 0.743. The van der Waals surface area contributed by atoms with Gasteiger partial charge in [0, 0.05) is 18.7 Å². The molecule has 2 N–H and O–H groups in total. The highest BCUT2D eigenvalue weighted by Gasteiger charge is 2.09. The number of nitrogens with one attached hydrogen (secondary N) is 2. The summed E-state index contributed by atoms with van der Waals surface area (Å²) in [6, 6.07) is 7.42. The van der Waals surface area contributed by atoms with Gasteiger partial charge in [0.15, 0.2) is 0 Å². The van der Waals surface area contributed by atoms with Gasteiger partial charge in [0.25, 0.3) is 0 Å². The van der Waals surface area contributed by atoms with Crippen molar-refractivity contribution in [1.29, 1.82) is 0 Å². The van der Waals surface area contributed by atoms with Crippen molar-refractivity contribution in [2.24, 2.45) is 0 Å². The van der Waals surface area contributed by atoms with Gasteiger partial charge in [0.05, 0.1) is 19.2 Å². The summed E-state index contributed by atoms with van der Waals surface area (Å²) < 4.78 is 4.88. The Morgan fingerprint density at radius 1 is 1.50 bits per heavy atom. The van der Waals surface area contributed by atoms with Crippen LogP contribution in [0.1, 0.15) is 18.5 Å². The second kappa shape index (κ2) is 8.08. The molecule has 0 aliphatic rings. The minimum Gasteiger partial charge on any atom is -0.383 e. The lowest BCUT2D eigenvalue weighted by molar-refractivity contribution is -0.120. The standard InChI is InChI=1S/C13H19ClN2O2/c1-10(11-4-3-5-12(14)8-11)16-13(17)9-15-6-7-18-2/h3-5,8,10,15H,6-7,9H2,1-2H3,(H,16,17)/t10-/m1/s1. The second-order valence-electron chi connectivity index (χ2n) is 4.01. The molecule has 0 fully saturated rings. The molecule has 0 radical (unpaired) electrons. The van der Waals surface area contributed by atoms with E-state index in [0.29, 0.717) is 18.2 Å². The Balaban J connectivity index is 2.35. The first-order chi connectivity index (χ1) is 8.63. The zero-order valence-electron chi connectivity index (χ0n) is 10.7. The molecular formula is C13H19ClN2O2. The van der Waals surface area contributed by atoms with Crippen molar-refractivity contribution < 1.29 is 9.53 Å². The maximum Gasteiger partial charge on any atom is 0.234 e. The number of carbonyl (C=O) groups is 1. The van der Waals surface area contributed by atoms with E-state index < -0.39 is 0 Å². The summed E-state index contributed by atoms with van der Waals surface area (Å²) >= 11 is 5.90. The van der Waals surface area contributed by atoms with Gasteiger partial charge in [0.2, 0.25) is 5.91 Å². The van der Waals surface area contributed by atoms with Crippen LogP contribution in [0, 0.1) is 0 Å².